The minimum atomic E-state index is -0.639. The maximum absolute atomic E-state index is 13.0. The summed E-state index contributed by atoms with van der Waals surface area (Å²) in [6, 6.07) is 6.85. The predicted molar refractivity (Wildman–Crippen MR) is 105 cm³/mol. The van der Waals surface area contributed by atoms with Crippen molar-refractivity contribution in [1.29, 1.82) is 0 Å². The molecule has 1 N–H and O–H groups in total. The Balaban J connectivity index is 2.10. The van der Waals surface area contributed by atoms with Crippen molar-refractivity contribution in [3.05, 3.63) is 36.9 Å². The van der Waals surface area contributed by atoms with Crippen LogP contribution in [0, 0.1) is 0 Å². The van der Waals surface area contributed by atoms with Crippen LogP contribution in [0.5, 0.6) is 0 Å². The van der Waals surface area contributed by atoms with Crippen LogP contribution in [0.25, 0.3) is 0 Å². The van der Waals surface area contributed by atoms with Crippen LogP contribution < -0.4 is 10.2 Å². The zero-order valence-electron chi connectivity index (χ0n) is 16.1. The van der Waals surface area contributed by atoms with E-state index in [0.717, 1.165) is 0 Å². The van der Waals surface area contributed by atoms with Gasteiger partial charge in [0.1, 0.15) is 6.10 Å². The van der Waals surface area contributed by atoms with Gasteiger partial charge in [0.05, 0.1) is 24.5 Å². The first-order valence-corrected chi connectivity index (χ1v) is 9.03. The number of amides is 3. The molecule has 146 valence electrons. The summed E-state index contributed by atoms with van der Waals surface area (Å²) in [4.78, 5) is 40.4. The highest BCUT2D eigenvalue weighted by atomic mass is 16.5. The van der Waals surface area contributed by atoms with Crippen molar-refractivity contribution in [3.63, 3.8) is 0 Å². The van der Waals surface area contributed by atoms with Gasteiger partial charge in [-0.25, -0.2) is 0 Å². The molecule has 0 saturated carbocycles. The maximum Gasteiger partial charge on any atom is 0.251 e. The van der Waals surface area contributed by atoms with Crippen LogP contribution in [0.4, 0.5) is 11.4 Å². The lowest BCUT2D eigenvalue weighted by molar-refractivity contribution is -0.143. The Bertz CT molecular complexity index is 719. The van der Waals surface area contributed by atoms with Crippen molar-refractivity contribution in [1.82, 2.24) is 4.90 Å². The number of benzene rings is 1. The van der Waals surface area contributed by atoms with Crippen molar-refractivity contribution in [2.45, 2.75) is 38.8 Å². The number of likely N-dealkylation sites (N-methyl/N-ethyl adjacent to an activating group) is 1. The van der Waals surface area contributed by atoms with Gasteiger partial charge in [-0.1, -0.05) is 18.2 Å². The minimum absolute atomic E-state index is 0.0964. The Morgan fingerprint density at radius 3 is 2.85 bits per heavy atom. The normalized spacial score (nSPS) is 17.4. The Morgan fingerprint density at radius 1 is 1.44 bits per heavy atom. The number of nitrogens with zero attached hydrogens (tertiary/aromatic N) is 2. The summed E-state index contributed by atoms with van der Waals surface area (Å²) in [7, 11) is 1.57. The molecule has 7 heteroatoms. The van der Waals surface area contributed by atoms with Crippen molar-refractivity contribution >= 4 is 29.1 Å². The molecule has 0 radical (unpaired) electrons. The third-order valence-corrected chi connectivity index (χ3v) is 4.41. The fraction of sp³-hybridized carbons (Fsp3) is 0.450. The van der Waals surface area contributed by atoms with Gasteiger partial charge < -0.3 is 19.9 Å². The van der Waals surface area contributed by atoms with Gasteiger partial charge >= 0.3 is 0 Å². The van der Waals surface area contributed by atoms with Crippen LogP contribution in [-0.2, 0) is 19.1 Å². The van der Waals surface area contributed by atoms with Gasteiger partial charge in [-0.2, -0.15) is 0 Å². The fourth-order valence-electron chi connectivity index (χ4n) is 3.03. The standard InChI is InChI=1S/C20H27N3O4/c1-5-6-11-27-15(3)20(26)22(4)13-19(25)23-14(2)12-18(24)21-16-9-7-8-10-17(16)23/h5,7-10,14-15H,1,6,11-13H2,2-4H3,(H,21,24). The average Bonchev–Trinajstić information content (AvgIpc) is 2.75. The van der Waals surface area contributed by atoms with Gasteiger partial charge in [0, 0.05) is 19.5 Å². The summed E-state index contributed by atoms with van der Waals surface area (Å²) in [5, 5.41) is 2.82. The first-order chi connectivity index (χ1) is 12.8. The molecule has 0 fully saturated rings. The molecule has 1 aliphatic heterocycles. The highest BCUT2D eigenvalue weighted by molar-refractivity contribution is 6.05. The molecule has 0 bridgehead atoms. The van der Waals surface area contributed by atoms with E-state index in [1.54, 1.807) is 43.1 Å². The Labute approximate surface area is 160 Å². The highest BCUT2D eigenvalue weighted by Crippen LogP contribution is 2.31. The first kappa shape index (κ1) is 20.6. The molecule has 1 aromatic carbocycles. The van der Waals surface area contributed by atoms with E-state index < -0.39 is 6.10 Å². The van der Waals surface area contributed by atoms with Crippen LogP contribution in [0.3, 0.4) is 0 Å². The molecule has 0 aromatic heterocycles. The molecule has 2 rings (SSSR count). The molecule has 1 aliphatic rings. The quantitative estimate of drug-likeness (QED) is 0.587. The second-order valence-corrected chi connectivity index (χ2v) is 6.67. The number of hydrogen-bond acceptors (Lipinski definition) is 4. The SMILES string of the molecule is C=CCCOC(C)C(=O)N(C)CC(=O)N1c2ccccc2NC(=O)CC1C. The molecule has 1 aromatic rings. The Kier molecular flexibility index (Phi) is 7.12. The molecular weight excluding hydrogens is 346 g/mol. The largest absolute Gasteiger partial charge is 0.368 e. The number of hydrogen-bond donors (Lipinski definition) is 1. The smallest absolute Gasteiger partial charge is 0.251 e. The van der Waals surface area contributed by atoms with Gasteiger partial charge in [0.2, 0.25) is 11.8 Å². The van der Waals surface area contributed by atoms with E-state index >= 15 is 0 Å². The van der Waals surface area contributed by atoms with Crippen LogP contribution in [0.15, 0.2) is 36.9 Å². The molecule has 0 aliphatic carbocycles. The first-order valence-electron chi connectivity index (χ1n) is 9.03. The maximum atomic E-state index is 13.0. The number of fused-ring (bicyclic) bond motifs is 1. The van der Waals surface area contributed by atoms with Crippen LogP contribution >= 0.6 is 0 Å². The molecular formula is C20H27N3O4. The lowest BCUT2D eigenvalue weighted by Crippen LogP contribution is -2.47. The summed E-state index contributed by atoms with van der Waals surface area (Å²) in [5.41, 5.74) is 1.23. The highest BCUT2D eigenvalue weighted by Gasteiger charge is 2.31. The monoisotopic (exact) mass is 373 g/mol. The van der Waals surface area contributed by atoms with E-state index in [0.29, 0.717) is 24.4 Å². The number of carbonyl (C=O) groups is 3. The molecule has 0 saturated heterocycles. The summed E-state index contributed by atoms with van der Waals surface area (Å²) in [6.45, 7) is 7.41. The fourth-order valence-corrected chi connectivity index (χ4v) is 3.03. The van der Waals surface area contributed by atoms with E-state index in [9.17, 15) is 14.4 Å². The zero-order valence-corrected chi connectivity index (χ0v) is 16.1. The van der Waals surface area contributed by atoms with E-state index in [-0.39, 0.29) is 36.7 Å². The zero-order chi connectivity index (χ0) is 20.0. The number of nitrogens with one attached hydrogen (secondary N) is 1. The Morgan fingerprint density at radius 2 is 2.15 bits per heavy atom. The molecule has 2 atom stereocenters. The lowest BCUT2D eigenvalue weighted by atomic mass is 10.1. The third kappa shape index (κ3) is 5.17. The van der Waals surface area contributed by atoms with Crippen molar-refractivity contribution < 1.29 is 19.1 Å². The van der Waals surface area contributed by atoms with Gasteiger partial charge in [-0.15, -0.1) is 6.58 Å². The van der Waals surface area contributed by atoms with E-state index in [1.165, 1.54) is 4.90 Å². The Hall–Kier alpha value is -2.67. The summed E-state index contributed by atoms with van der Waals surface area (Å²) < 4.78 is 5.46. The minimum Gasteiger partial charge on any atom is -0.368 e. The second kappa shape index (κ2) is 9.32. The predicted octanol–water partition coefficient (Wildman–Crippen LogP) is 2.19. The molecule has 1 heterocycles. The number of anilines is 2. The molecule has 3 amide bonds. The molecule has 27 heavy (non-hydrogen) atoms. The number of ether oxygens (including phenoxy) is 1. The number of para-hydroxylation sites is 2. The summed E-state index contributed by atoms with van der Waals surface area (Å²) >= 11 is 0. The van der Waals surface area contributed by atoms with Crippen LogP contribution in [-0.4, -0.2) is 55.0 Å². The van der Waals surface area contributed by atoms with E-state index in [4.69, 9.17) is 4.74 Å². The van der Waals surface area contributed by atoms with E-state index in [1.807, 2.05) is 13.0 Å². The van der Waals surface area contributed by atoms with E-state index in [2.05, 4.69) is 11.9 Å². The van der Waals surface area contributed by atoms with Crippen molar-refractivity contribution in [2.75, 3.05) is 30.4 Å². The van der Waals surface area contributed by atoms with Crippen molar-refractivity contribution in [2.24, 2.45) is 0 Å². The summed E-state index contributed by atoms with van der Waals surface area (Å²) in [6.07, 6.45) is 1.93. The van der Waals surface area contributed by atoms with Gasteiger partial charge in [0.25, 0.3) is 5.91 Å². The lowest BCUT2D eigenvalue weighted by Gasteiger charge is -2.30. The third-order valence-electron chi connectivity index (χ3n) is 4.41. The molecule has 2 unspecified atom stereocenters. The number of carbonyl (C=O) groups excluding carboxylic acids is 3. The van der Waals surface area contributed by atoms with Crippen molar-refractivity contribution in [3.8, 4) is 0 Å². The van der Waals surface area contributed by atoms with Gasteiger partial charge in [-0.05, 0) is 32.4 Å². The molecule has 7 nitrogen and oxygen atoms in total. The van der Waals surface area contributed by atoms with Crippen LogP contribution in [0.2, 0.25) is 0 Å². The average molecular weight is 373 g/mol. The molecule has 0 spiro atoms. The second-order valence-electron chi connectivity index (χ2n) is 6.67. The van der Waals surface area contributed by atoms with Gasteiger partial charge in [0.15, 0.2) is 0 Å². The summed E-state index contributed by atoms with van der Waals surface area (Å²) in [5.74, 6) is -0.656. The van der Waals surface area contributed by atoms with Crippen LogP contribution in [0.1, 0.15) is 26.7 Å². The van der Waals surface area contributed by atoms with Gasteiger partial charge in [-0.3, -0.25) is 14.4 Å². The topological polar surface area (TPSA) is 79.0 Å². The number of rotatable bonds is 7.